The summed E-state index contributed by atoms with van der Waals surface area (Å²) in [6.45, 7) is 2.05. The predicted octanol–water partition coefficient (Wildman–Crippen LogP) is 1.53. The molecular formula is C11H15F2N3. The number of aromatic nitrogens is 1. The van der Waals surface area contributed by atoms with Crippen LogP contribution in [0.1, 0.15) is 12.8 Å². The fourth-order valence-electron chi connectivity index (χ4n) is 2.09. The molecule has 2 N–H and O–H groups in total. The third-order valence-corrected chi connectivity index (χ3v) is 2.94. The molecule has 2 heterocycles. The van der Waals surface area contributed by atoms with E-state index < -0.39 is 11.6 Å². The molecule has 3 nitrogen and oxygen atoms in total. The van der Waals surface area contributed by atoms with E-state index in [2.05, 4.69) is 4.98 Å². The van der Waals surface area contributed by atoms with Gasteiger partial charge >= 0.3 is 0 Å². The van der Waals surface area contributed by atoms with Gasteiger partial charge in [-0.1, -0.05) is 0 Å². The molecule has 1 atom stereocenters. The third kappa shape index (κ3) is 2.29. The second-order valence-electron chi connectivity index (χ2n) is 4.15. The summed E-state index contributed by atoms with van der Waals surface area (Å²) < 4.78 is 26.2. The maximum Gasteiger partial charge on any atom is 0.168 e. The highest BCUT2D eigenvalue weighted by molar-refractivity contribution is 5.40. The van der Waals surface area contributed by atoms with Crippen LogP contribution in [0.2, 0.25) is 0 Å². The lowest BCUT2D eigenvalue weighted by Gasteiger charge is -2.33. The summed E-state index contributed by atoms with van der Waals surface area (Å²) in [5.41, 5.74) is 5.60. The Balaban J connectivity index is 2.16. The number of halogens is 2. The summed E-state index contributed by atoms with van der Waals surface area (Å²) >= 11 is 0. The van der Waals surface area contributed by atoms with Crippen LogP contribution in [-0.2, 0) is 0 Å². The molecular weight excluding hydrogens is 212 g/mol. The standard InChI is InChI=1S/C11H15F2N3/c12-9-4-10(13)11(15-6-9)16-3-1-2-8(5-14)7-16/h4,6,8H,1-3,5,7,14H2. The molecule has 1 fully saturated rings. The molecule has 1 aromatic heterocycles. The molecule has 0 bridgehead atoms. The van der Waals surface area contributed by atoms with Gasteiger partial charge in [0.1, 0.15) is 5.82 Å². The van der Waals surface area contributed by atoms with Crippen molar-refractivity contribution in [1.82, 2.24) is 4.98 Å². The minimum absolute atomic E-state index is 0.236. The van der Waals surface area contributed by atoms with Crippen molar-refractivity contribution >= 4 is 5.82 Å². The summed E-state index contributed by atoms with van der Waals surface area (Å²) in [7, 11) is 0. The van der Waals surface area contributed by atoms with Gasteiger partial charge < -0.3 is 10.6 Å². The van der Waals surface area contributed by atoms with Gasteiger partial charge in [-0.2, -0.15) is 0 Å². The molecule has 0 aliphatic carbocycles. The zero-order valence-electron chi connectivity index (χ0n) is 9.00. The molecule has 2 rings (SSSR count). The molecule has 1 aliphatic rings. The van der Waals surface area contributed by atoms with Crippen LogP contribution in [0.15, 0.2) is 12.3 Å². The van der Waals surface area contributed by atoms with Crippen molar-refractivity contribution in [2.24, 2.45) is 11.7 Å². The highest BCUT2D eigenvalue weighted by Gasteiger charge is 2.22. The first-order valence-electron chi connectivity index (χ1n) is 5.46. The molecule has 0 radical (unpaired) electrons. The molecule has 0 aromatic carbocycles. The van der Waals surface area contributed by atoms with Crippen LogP contribution in [0.5, 0.6) is 0 Å². The van der Waals surface area contributed by atoms with Gasteiger partial charge in [-0.15, -0.1) is 0 Å². The Morgan fingerprint density at radius 3 is 3.00 bits per heavy atom. The normalized spacial score (nSPS) is 21.2. The Labute approximate surface area is 93.3 Å². The van der Waals surface area contributed by atoms with E-state index in [4.69, 9.17) is 5.73 Å². The van der Waals surface area contributed by atoms with Gasteiger partial charge in [-0.25, -0.2) is 13.8 Å². The first-order chi connectivity index (χ1) is 7.70. The monoisotopic (exact) mass is 227 g/mol. The molecule has 88 valence electrons. The lowest BCUT2D eigenvalue weighted by Crippen LogP contribution is -2.39. The third-order valence-electron chi connectivity index (χ3n) is 2.94. The van der Waals surface area contributed by atoms with Crippen LogP contribution in [0, 0.1) is 17.6 Å². The number of anilines is 1. The first-order valence-corrected chi connectivity index (χ1v) is 5.46. The number of nitrogens with zero attached hydrogens (tertiary/aromatic N) is 2. The van der Waals surface area contributed by atoms with Crippen LogP contribution in [0.3, 0.4) is 0 Å². The minimum Gasteiger partial charge on any atom is -0.354 e. The molecule has 16 heavy (non-hydrogen) atoms. The van der Waals surface area contributed by atoms with Crippen molar-refractivity contribution in [3.8, 4) is 0 Å². The van der Waals surface area contributed by atoms with Gasteiger partial charge in [0.2, 0.25) is 0 Å². The van der Waals surface area contributed by atoms with E-state index in [1.165, 1.54) is 0 Å². The van der Waals surface area contributed by atoms with Crippen LogP contribution < -0.4 is 10.6 Å². The number of rotatable bonds is 2. The SMILES string of the molecule is NCC1CCCN(c2ncc(F)cc2F)C1. The zero-order valence-corrected chi connectivity index (χ0v) is 9.00. The minimum atomic E-state index is -0.645. The van der Waals surface area contributed by atoms with Crippen molar-refractivity contribution in [3.05, 3.63) is 23.9 Å². The van der Waals surface area contributed by atoms with Crippen molar-refractivity contribution in [2.45, 2.75) is 12.8 Å². The summed E-state index contributed by atoms with van der Waals surface area (Å²) in [5.74, 6) is -0.633. The maximum atomic E-state index is 13.5. The Hall–Kier alpha value is -1.23. The van der Waals surface area contributed by atoms with E-state index in [-0.39, 0.29) is 5.82 Å². The predicted molar refractivity (Wildman–Crippen MR) is 58.1 cm³/mol. The molecule has 1 saturated heterocycles. The summed E-state index contributed by atoms with van der Waals surface area (Å²) in [6.07, 6.45) is 3.08. The van der Waals surface area contributed by atoms with Gasteiger partial charge in [-0.05, 0) is 25.3 Å². The van der Waals surface area contributed by atoms with E-state index in [0.717, 1.165) is 31.6 Å². The van der Waals surface area contributed by atoms with Crippen LogP contribution in [0.4, 0.5) is 14.6 Å². The van der Waals surface area contributed by atoms with Crippen LogP contribution in [-0.4, -0.2) is 24.6 Å². The van der Waals surface area contributed by atoms with E-state index in [9.17, 15) is 8.78 Å². The maximum absolute atomic E-state index is 13.5. The Kier molecular flexibility index (Phi) is 3.33. The van der Waals surface area contributed by atoms with E-state index >= 15 is 0 Å². The first kappa shape index (κ1) is 11.3. The van der Waals surface area contributed by atoms with Crippen molar-refractivity contribution in [1.29, 1.82) is 0 Å². The Bertz CT molecular complexity index is 370. The van der Waals surface area contributed by atoms with Crippen molar-refractivity contribution in [2.75, 3.05) is 24.5 Å². The summed E-state index contributed by atoms with van der Waals surface area (Å²) in [6, 6.07) is 0.869. The lowest BCUT2D eigenvalue weighted by atomic mass is 9.98. The van der Waals surface area contributed by atoms with Gasteiger partial charge in [-0.3, -0.25) is 0 Å². The highest BCUT2D eigenvalue weighted by atomic mass is 19.1. The fraction of sp³-hybridized carbons (Fsp3) is 0.545. The van der Waals surface area contributed by atoms with Gasteiger partial charge in [0.15, 0.2) is 11.6 Å². The molecule has 0 amide bonds. The van der Waals surface area contributed by atoms with E-state index in [1.54, 1.807) is 0 Å². The van der Waals surface area contributed by atoms with Gasteiger partial charge in [0, 0.05) is 19.2 Å². The number of nitrogens with two attached hydrogens (primary N) is 1. The largest absolute Gasteiger partial charge is 0.354 e. The number of hydrogen-bond acceptors (Lipinski definition) is 3. The molecule has 0 spiro atoms. The fourth-order valence-corrected chi connectivity index (χ4v) is 2.09. The van der Waals surface area contributed by atoms with Crippen molar-refractivity contribution < 1.29 is 8.78 Å². The highest BCUT2D eigenvalue weighted by Crippen LogP contribution is 2.23. The molecule has 5 heteroatoms. The average molecular weight is 227 g/mol. The van der Waals surface area contributed by atoms with E-state index in [1.807, 2.05) is 4.90 Å². The van der Waals surface area contributed by atoms with Gasteiger partial charge in [0.25, 0.3) is 0 Å². The number of piperidine rings is 1. The smallest absolute Gasteiger partial charge is 0.168 e. The van der Waals surface area contributed by atoms with Crippen LogP contribution in [0.25, 0.3) is 0 Å². The lowest BCUT2D eigenvalue weighted by molar-refractivity contribution is 0.416. The van der Waals surface area contributed by atoms with E-state index in [0.29, 0.717) is 19.0 Å². The topological polar surface area (TPSA) is 42.1 Å². The summed E-state index contributed by atoms with van der Waals surface area (Å²) in [4.78, 5) is 5.65. The average Bonchev–Trinajstić information content (AvgIpc) is 2.29. The Morgan fingerprint density at radius 1 is 1.50 bits per heavy atom. The Morgan fingerprint density at radius 2 is 2.31 bits per heavy atom. The zero-order chi connectivity index (χ0) is 11.5. The van der Waals surface area contributed by atoms with Crippen LogP contribution >= 0.6 is 0 Å². The molecule has 1 aromatic rings. The second-order valence-corrected chi connectivity index (χ2v) is 4.15. The number of pyridine rings is 1. The molecule has 1 unspecified atom stereocenters. The quantitative estimate of drug-likeness (QED) is 0.833. The summed E-state index contributed by atoms with van der Waals surface area (Å²) in [5, 5.41) is 0. The molecule has 1 aliphatic heterocycles. The molecule has 0 saturated carbocycles. The number of hydrogen-bond donors (Lipinski definition) is 1. The van der Waals surface area contributed by atoms with Crippen molar-refractivity contribution in [3.63, 3.8) is 0 Å². The van der Waals surface area contributed by atoms with Gasteiger partial charge in [0.05, 0.1) is 6.20 Å². The second kappa shape index (κ2) is 4.74.